The molecule has 2 aromatic heterocycles. The normalized spacial score (nSPS) is 12.4. The first kappa shape index (κ1) is 26.0. The molecule has 0 aliphatic carbocycles. The van der Waals surface area contributed by atoms with Crippen LogP contribution >= 0.6 is 22.7 Å². The predicted molar refractivity (Wildman–Crippen MR) is 143 cm³/mol. The van der Waals surface area contributed by atoms with E-state index < -0.39 is 29.0 Å². The van der Waals surface area contributed by atoms with Gasteiger partial charge in [-0.05, 0) is 29.0 Å². The molecule has 9 nitrogen and oxygen atoms in total. The summed E-state index contributed by atoms with van der Waals surface area (Å²) in [5.74, 6) is -0.396. The highest BCUT2D eigenvalue weighted by Gasteiger charge is 2.26. The van der Waals surface area contributed by atoms with E-state index in [2.05, 4.69) is 10.6 Å². The highest BCUT2D eigenvalue weighted by atomic mass is 32.1. The maximum atomic E-state index is 13.5. The fourth-order valence-electron chi connectivity index (χ4n) is 3.71. The first-order valence-corrected chi connectivity index (χ1v) is 13.1. The summed E-state index contributed by atoms with van der Waals surface area (Å²) in [4.78, 5) is 41.8. The number of alkyl carbamates (subject to hydrolysis) is 1. The molecule has 37 heavy (non-hydrogen) atoms. The van der Waals surface area contributed by atoms with E-state index in [-0.39, 0.29) is 12.1 Å². The number of nitro benzene ring substituents is 1. The molecule has 11 heteroatoms. The number of non-ortho nitro benzene ring substituents is 1. The number of hydrogen-bond donors (Lipinski definition) is 2. The molecule has 0 spiro atoms. The van der Waals surface area contributed by atoms with E-state index in [4.69, 9.17) is 9.72 Å². The van der Waals surface area contributed by atoms with Crippen LogP contribution < -0.4 is 10.6 Å². The van der Waals surface area contributed by atoms with Crippen LogP contribution in [0.3, 0.4) is 0 Å². The molecule has 0 aliphatic heterocycles. The van der Waals surface area contributed by atoms with Crippen molar-refractivity contribution in [2.24, 2.45) is 0 Å². The fraction of sp³-hybridized carbons (Fsp3) is 0.192. The number of carbonyl (C=O) groups excluding carboxylic acids is 2. The molecule has 0 bridgehead atoms. The molecule has 0 unspecified atom stereocenters. The van der Waals surface area contributed by atoms with Gasteiger partial charge in [0.25, 0.3) is 5.69 Å². The van der Waals surface area contributed by atoms with Gasteiger partial charge in [0, 0.05) is 23.9 Å². The van der Waals surface area contributed by atoms with Gasteiger partial charge in [-0.2, -0.15) is 0 Å². The summed E-state index contributed by atoms with van der Waals surface area (Å²) < 4.78 is 4.73. The lowest BCUT2D eigenvalue weighted by Gasteiger charge is -2.22. The Labute approximate surface area is 221 Å². The Morgan fingerprint density at radius 2 is 1.70 bits per heavy atom. The SMILES string of the molecule is COC(=O)N[C@@H](Cc1ccccc1)C(=O)N[C@H](Cc1ccc([N+](=O)[O-])cc1)c1csc(-c2cccs2)n1. The topological polar surface area (TPSA) is 123 Å². The number of nitrogens with one attached hydrogen (secondary N) is 2. The summed E-state index contributed by atoms with van der Waals surface area (Å²) in [7, 11) is 1.24. The molecule has 0 radical (unpaired) electrons. The summed E-state index contributed by atoms with van der Waals surface area (Å²) in [5.41, 5.74) is 2.32. The van der Waals surface area contributed by atoms with Crippen molar-refractivity contribution in [2.45, 2.75) is 24.9 Å². The van der Waals surface area contributed by atoms with Crippen molar-refractivity contribution in [1.82, 2.24) is 15.6 Å². The average molecular weight is 537 g/mol. The first-order valence-electron chi connectivity index (χ1n) is 11.3. The Bertz CT molecular complexity index is 1340. The van der Waals surface area contributed by atoms with Crippen LogP contribution in [0.25, 0.3) is 9.88 Å². The van der Waals surface area contributed by atoms with Crippen LogP contribution in [-0.2, 0) is 22.4 Å². The van der Waals surface area contributed by atoms with E-state index in [1.54, 1.807) is 23.5 Å². The van der Waals surface area contributed by atoms with Crippen LogP contribution in [-0.4, -0.2) is 35.1 Å². The minimum atomic E-state index is -0.885. The zero-order valence-corrected chi connectivity index (χ0v) is 21.5. The molecule has 0 fully saturated rings. The highest BCUT2D eigenvalue weighted by molar-refractivity contribution is 7.20. The minimum absolute atomic E-state index is 0.0109. The Hall–Kier alpha value is -4.09. The first-order chi connectivity index (χ1) is 17.9. The maximum absolute atomic E-state index is 13.5. The number of aromatic nitrogens is 1. The summed E-state index contributed by atoms with van der Waals surface area (Å²) in [5, 5.41) is 21.4. The third-order valence-electron chi connectivity index (χ3n) is 5.59. The number of rotatable bonds is 10. The maximum Gasteiger partial charge on any atom is 0.407 e. The standard InChI is InChI=1S/C26H24N4O5S2/c1-35-26(32)29-21(15-17-6-3-2-4-7-17)24(31)27-20(14-18-9-11-19(12-10-18)30(33)34)22-16-37-25(28-22)23-8-5-13-36-23/h2-13,16,20-21H,14-15H2,1H3,(H,27,31)(H,29,32)/t20-,21+/m1/s1. The molecule has 0 saturated heterocycles. The van der Waals surface area contributed by atoms with E-state index in [0.717, 1.165) is 21.0 Å². The van der Waals surface area contributed by atoms with Gasteiger partial charge in [-0.15, -0.1) is 22.7 Å². The molecule has 2 N–H and O–H groups in total. The Morgan fingerprint density at radius 3 is 2.35 bits per heavy atom. The van der Waals surface area contributed by atoms with Gasteiger partial charge in [-0.3, -0.25) is 14.9 Å². The molecule has 2 aromatic carbocycles. The molecule has 2 atom stereocenters. The lowest BCUT2D eigenvalue weighted by molar-refractivity contribution is -0.384. The quantitative estimate of drug-likeness (QED) is 0.213. The van der Waals surface area contributed by atoms with Crippen molar-refractivity contribution in [3.05, 3.63) is 104 Å². The smallest absolute Gasteiger partial charge is 0.407 e. The predicted octanol–water partition coefficient (Wildman–Crippen LogP) is 5.15. The van der Waals surface area contributed by atoms with Gasteiger partial charge < -0.3 is 15.4 Å². The van der Waals surface area contributed by atoms with Crippen molar-refractivity contribution < 1.29 is 19.2 Å². The van der Waals surface area contributed by atoms with Crippen molar-refractivity contribution in [2.75, 3.05) is 7.11 Å². The van der Waals surface area contributed by atoms with Gasteiger partial charge in [0.05, 0.1) is 28.6 Å². The second kappa shape index (κ2) is 12.2. The zero-order valence-electron chi connectivity index (χ0n) is 19.8. The van der Waals surface area contributed by atoms with Crippen LogP contribution in [0.4, 0.5) is 10.5 Å². The highest BCUT2D eigenvalue weighted by Crippen LogP contribution is 2.31. The molecular weight excluding hydrogens is 512 g/mol. The van der Waals surface area contributed by atoms with Gasteiger partial charge in [0.15, 0.2) is 0 Å². The monoisotopic (exact) mass is 536 g/mol. The second-order valence-electron chi connectivity index (χ2n) is 8.12. The molecular formula is C26H24N4O5S2. The number of ether oxygens (including phenoxy) is 1. The Kier molecular flexibility index (Phi) is 8.60. The molecule has 190 valence electrons. The number of nitrogens with zero attached hydrogens (tertiary/aromatic N) is 2. The molecule has 2 heterocycles. The van der Waals surface area contributed by atoms with Gasteiger partial charge in [-0.25, -0.2) is 9.78 Å². The lowest BCUT2D eigenvalue weighted by Crippen LogP contribution is -2.49. The van der Waals surface area contributed by atoms with E-state index >= 15 is 0 Å². The van der Waals surface area contributed by atoms with E-state index in [9.17, 15) is 19.7 Å². The Morgan fingerprint density at radius 1 is 0.973 bits per heavy atom. The number of amides is 2. The fourth-order valence-corrected chi connectivity index (χ4v) is 5.40. The number of hydrogen-bond acceptors (Lipinski definition) is 8. The van der Waals surface area contributed by atoms with Crippen molar-refractivity contribution in [1.29, 1.82) is 0 Å². The summed E-state index contributed by atoms with van der Waals surface area (Å²) in [6.07, 6.45) is -0.0893. The third kappa shape index (κ3) is 6.99. The van der Waals surface area contributed by atoms with Crippen molar-refractivity contribution in [3.63, 3.8) is 0 Å². The van der Waals surface area contributed by atoms with Crippen LogP contribution in [0.15, 0.2) is 77.5 Å². The molecule has 2 amide bonds. The molecule has 0 aliphatic rings. The lowest BCUT2D eigenvalue weighted by atomic mass is 10.0. The van der Waals surface area contributed by atoms with Crippen LogP contribution in [0.5, 0.6) is 0 Å². The van der Waals surface area contributed by atoms with E-state index in [0.29, 0.717) is 12.1 Å². The number of carbonyl (C=O) groups is 2. The second-order valence-corrected chi connectivity index (χ2v) is 9.93. The number of methoxy groups -OCH3 is 1. The molecule has 4 aromatic rings. The largest absolute Gasteiger partial charge is 0.453 e. The van der Waals surface area contributed by atoms with E-state index in [1.807, 2.05) is 53.2 Å². The van der Waals surface area contributed by atoms with Crippen LogP contribution in [0.1, 0.15) is 22.9 Å². The summed E-state index contributed by atoms with van der Waals surface area (Å²) in [6.45, 7) is 0. The number of thiazole rings is 1. The number of thiophene rings is 1. The minimum Gasteiger partial charge on any atom is -0.453 e. The molecule has 0 saturated carbocycles. The van der Waals surface area contributed by atoms with Crippen molar-refractivity contribution >= 4 is 40.4 Å². The van der Waals surface area contributed by atoms with Crippen molar-refractivity contribution in [3.8, 4) is 9.88 Å². The van der Waals surface area contributed by atoms with Crippen LogP contribution in [0.2, 0.25) is 0 Å². The molecule has 4 rings (SSSR count). The van der Waals surface area contributed by atoms with Crippen LogP contribution in [0, 0.1) is 10.1 Å². The third-order valence-corrected chi connectivity index (χ3v) is 7.49. The van der Waals surface area contributed by atoms with Gasteiger partial charge >= 0.3 is 6.09 Å². The van der Waals surface area contributed by atoms with Gasteiger partial charge in [0.1, 0.15) is 11.0 Å². The Balaban J connectivity index is 1.60. The summed E-state index contributed by atoms with van der Waals surface area (Å²) >= 11 is 3.05. The van der Waals surface area contributed by atoms with E-state index in [1.165, 1.54) is 30.6 Å². The van der Waals surface area contributed by atoms with Gasteiger partial charge in [-0.1, -0.05) is 48.5 Å². The van der Waals surface area contributed by atoms with Gasteiger partial charge in [0.2, 0.25) is 5.91 Å². The number of nitro groups is 1. The summed E-state index contributed by atoms with van der Waals surface area (Å²) in [6, 6.07) is 18.1. The number of benzene rings is 2. The zero-order chi connectivity index (χ0) is 26.2. The average Bonchev–Trinajstić information content (AvgIpc) is 3.61.